The smallest absolute Gasteiger partial charge is 0.195 e. The number of nitrogens with zero attached hydrogens (tertiary/aromatic N) is 1. The molecule has 0 amide bonds. The lowest BCUT2D eigenvalue weighted by Gasteiger charge is -2.29. The highest BCUT2D eigenvalue weighted by atomic mass is 19.1. The highest BCUT2D eigenvalue weighted by molar-refractivity contribution is 5.33. The van der Waals surface area contributed by atoms with Crippen LogP contribution in [0.1, 0.15) is 11.3 Å². The molecule has 1 aromatic rings. The molecule has 0 aromatic carbocycles. The molecule has 72 valence electrons. The molecule has 2 nitrogen and oxygen atoms in total. The Kier molecular flexibility index (Phi) is 2.22. The van der Waals surface area contributed by atoms with Crippen molar-refractivity contribution in [3.8, 4) is 11.8 Å². The number of aromatic nitrogens is 1. The first-order chi connectivity index (χ1) is 6.68. The summed E-state index contributed by atoms with van der Waals surface area (Å²) in [5.41, 5.74) is 0.363. The molecule has 0 bridgehead atoms. The molecule has 14 heavy (non-hydrogen) atoms. The molecule has 1 fully saturated rings. The van der Waals surface area contributed by atoms with Gasteiger partial charge in [-0.2, -0.15) is 0 Å². The molecule has 2 heterocycles. The molecule has 1 N–H and O–H groups in total. The zero-order chi connectivity index (χ0) is 10.0. The highest BCUT2D eigenvalue weighted by Gasteiger charge is 2.34. The van der Waals surface area contributed by atoms with Crippen molar-refractivity contribution >= 4 is 0 Å². The van der Waals surface area contributed by atoms with Gasteiger partial charge in [0.25, 0.3) is 0 Å². The Labute approximate surface area is 82.5 Å². The Balaban J connectivity index is 2.13. The number of pyridine rings is 1. The van der Waals surface area contributed by atoms with Crippen molar-refractivity contribution in [2.75, 3.05) is 13.1 Å². The third-order valence-electron chi connectivity index (χ3n) is 2.14. The van der Waals surface area contributed by atoms with E-state index in [9.17, 15) is 4.39 Å². The van der Waals surface area contributed by atoms with E-state index in [0.29, 0.717) is 18.8 Å². The number of rotatable bonds is 0. The number of hydrogen-bond donors (Lipinski definition) is 1. The Morgan fingerprint density at radius 1 is 1.50 bits per heavy atom. The zero-order valence-corrected chi connectivity index (χ0v) is 7.97. The van der Waals surface area contributed by atoms with Gasteiger partial charge in [-0.1, -0.05) is 12.0 Å². The minimum atomic E-state index is -1.34. The van der Waals surface area contributed by atoms with Gasteiger partial charge in [0.1, 0.15) is 5.69 Å². The average Bonchev–Trinajstić information content (AvgIpc) is 2.14. The lowest BCUT2D eigenvalue weighted by atomic mass is 10.0. The average molecular weight is 190 g/mol. The van der Waals surface area contributed by atoms with Crippen LogP contribution in [0, 0.1) is 18.8 Å². The van der Waals surface area contributed by atoms with Crippen molar-refractivity contribution in [2.45, 2.75) is 12.6 Å². The summed E-state index contributed by atoms with van der Waals surface area (Å²) in [6.07, 6.45) is 1.73. The lowest BCUT2D eigenvalue weighted by Crippen LogP contribution is -2.55. The lowest BCUT2D eigenvalue weighted by molar-refractivity contribution is 0.158. The summed E-state index contributed by atoms with van der Waals surface area (Å²) >= 11 is 0. The Morgan fingerprint density at radius 3 is 2.79 bits per heavy atom. The SMILES string of the molecule is Cc1ccc(C#CC2(F)CNC2)nc1. The summed E-state index contributed by atoms with van der Waals surface area (Å²) in [5, 5.41) is 2.85. The van der Waals surface area contributed by atoms with Crippen molar-refractivity contribution in [1.82, 2.24) is 10.3 Å². The quantitative estimate of drug-likeness (QED) is 0.619. The van der Waals surface area contributed by atoms with Crippen LogP contribution in [0.3, 0.4) is 0 Å². The van der Waals surface area contributed by atoms with E-state index in [1.807, 2.05) is 13.0 Å². The van der Waals surface area contributed by atoms with Crippen LogP contribution in [-0.2, 0) is 0 Å². The fourth-order valence-electron chi connectivity index (χ4n) is 1.15. The number of hydrogen-bond acceptors (Lipinski definition) is 2. The van der Waals surface area contributed by atoms with Crippen molar-refractivity contribution in [3.63, 3.8) is 0 Å². The fourth-order valence-corrected chi connectivity index (χ4v) is 1.15. The van der Waals surface area contributed by atoms with Gasteiger partial charge in [-0.15, -0.1) is 0 Å². The largest absolute Gasteiger partial charge is 0.308 e. The predicted octanol–water partition coefficient (Wildman–Crippen LogP) is 1.05. The fraction of sp³-hybridized carbons (Fsp3) is 0.364. The monoisotopic (exact) mass is 190 g/mol. The molecule has 1 aliphatic heterocycles. The first-order valence-electron chi connectivity index (χ1n) is 4.53. The minimum absolute atomic E-state index is 0.325. The molecule has 0 saturated carbocycles. The summed E-state index contributed by atoms with van der Waals surface area (Å²) in [5.74, 6) is 5.33. The second kappa shape index (κ2) is 3.39. The van der Waals surface area contributed by atoms with Crippen molar-refractivity contribution in [1.29, 1.82) is 0 Å². The van der Waals surface area contributed by atoms with Gasteiger partial charge in [0, 0.05) is 19.3 Å². The number of alkyl halides is 1. The molecule has 0 aliphatic carbocycles. The zero-order valence-electron chi connectivity index (χ0n) is 7.97. The Hall–Kier alpha value is -1.40. The molecule has 0 spiro atoms. The third kappa shape index (κ3) is 1.91. The van der Waals surface area contributed by atoms with E-state index in [0.717, 1.165) is 5.56 Å². The second-order valence-corrected chi connectivity index (χ2v) is 3.54. The van der Waals surface area contributed by atoms with Gasteiger partial charge in [-0.25, -0.2) is 9.37 Å². The first-order valence-corrected chi connectivity index (χ1v) is 4.53. The molecule has 2 rings (SSSR count). The van der Waals surface area contributed by atoms with Crippen molar-refractivity contribution in [2.24, 2.45) is 0 Å². The normalized spacial score (nSPS) is 17.9. The summed E-state index contributed by atoms with van der Waals surface area (Å²) in [6, 6.07) is 3.72. The van der Waals surface area contributed by atoms with E-state index in [1.165, 1.54) is 0 Å². The van der Waals surface area contributed by atoms with Crippen LogP contribution < -0.4 is 5.32 Å². The standard InChI is InChI=1S/C11H11FN2/c1-9-2-3-10(14-6-9)4-5-11(12)7-13-8-11/h2-3,6,13H,7-8H2,1H3. The molecular formula is C11H11FN2. The Morgan fingerprint density at radius 2 is 2.29 bits per heavy atom. The van der Waals surface area contributed by atoms with E-state index in [-0.39, 0.29) is 0 Å². The summed E-state index contributed by atoms with van der Waals surface area (Å²) < 4.78 is 13.4. The molecular weight excluding hydrogens is 179 g/mol. The molecule has 1 aromatic heterocycles. The predicted molar refractivity (Wildman–Crippen MR) is 52.6 cm³/mol. The van der Waals surface area contributed by atoms with E-state index in [4.69, 9.17) is 0 Å². The van der Waals surface area contributed by atoms with Gasteiger partial charge in [0.2, 0.25) is 0 Å². The van der Waals surface area contributed by atoms with E-state index < -0.39 is 5.67 Å². The second-order valence-electron chi connectivity index (χ2n) is 3.54. The van der Waals surface area contributed by atoms with Crippen molar-refractivity contribution in [3.05, 3.63) is 29.6 Å². The minimum Gasteiger partial charge on any atom is -0.308 e. The van der Waals surface area contributed by atoms with Gasteiger partial charge in [0.15, 0.2) is 5.67 Å². The summed E-state index contributed by atoms with van der Waals surface area (Å²) in [4.78, 5) is 4.08. The number of nitrogens with one attached hydrogen (secondary N) is 1. The highest BCUT2D eigenvalue weighted by Crippen LogP contribution is 2.14. The van der Waals surface area contributed by atoms with E-state index in [2.05, 4.69) is 22.1 Å². The van der Waals surface area contributed by atoms with Crippen LogP contribution in [0.25, 0.3) is 0 Å². The maximum Gasteiger partial charge on any atom is 0.195 e. The van der Waals surface area contributed by atoms with Crippen LogP contribution >= 0.6 is 0 Å². The molecule has 0 radical (unpaired) electrons. The van der Waals surface area contributed by atoms with Crippen LogP contribution in [0.15, 0.2) is 18.3 Å². The van der Waals surface area contributed by atoms with Crippen LogP contribution in [0.5, 0.6) is 0 Å². The van der Waals surface area contributed by atoms with E-state index >= 15 is 0 Å². The molecule has 0 atom stereocenters. The van der Waals surface area contributed by atoms with Gasteiger partial charge in [-0.3, -0.25) is 0 Å². The molecule has 0 unspecified atom stereocenters. The molecule has 3 heteroatoms. The Bertz CT molecular complexity index is 382. The first kappa shape index (κ1) is 9.17. The van der Waals surface area contributed by atoms with Crippen LogP contribution in [-0.4, -0.2) is 23.7 Å². The molecule has 1 saturated heterocycles. The summed E-state index contributed by atoms with van der Waals surface area (Å²) in [7, 11) is 0. The van der Waals surface area contributed by atoms with Gasteiger partial charge in [0.05, 0.1) is 0 Å². The van der Waals surface area contributed by atoms with Crippen LogP contribution in [0.2, 0.25) is 0 Å². The maximum atomic E-state index is 13.4. The van der Waals surface area contributed by atoms with Gasteiger partial charge < -0.3 is 5.32 Å². The van der Waals surface area contributed by atoms with Crippen molar-refractivity contribution < 1.29 is 4.39 Å². The topological polar surface area (TPSA) is 24.9 Å². The van der Waals surface area contributed by atoms with Gasteiger partial charge in [-0.05, 0) is 24.5 Å². The van der Waals surface area contributed by atoms with Gasteiger partial charge >= 0.3 is 0 Å². The molecule has 1 aliphatic rings. The number of halogens is 1. The number of aryl methyl sites for hydroxylation is 1. The van der Waals surface area contributed by atoms with E-state index in [1.54, 1.807) is 12.3 Å². The summed E-state index contributed by atoms with van der Waals surface area (Å²) in [6.45, 7) is 2.61. The third-order valence-corrected chi connectivity index (χ3v) is 2.14. The van der Waals surface area contributed by atoms with Crippen LogP contribution in [0.4, 0.5) is 4.39 Å². The maximum absolute atomic E-state index is 13.4.